The standard InChI is InChI=1S/C20H16N2O2/c1-24-19-8-7-16-11-15(5-6-17(16)13-19)14-3-2-4-18(12-14)22-20(23)9-10-21/h2-8,11-13H,9H2,1H3,(H,22,23). The van der Waals surface area contributed by atoms with Crippen molar-refractivity contribution in [2.24, 2.45) is 0 Å². The summed E-state index contributed by atoms with van der Waals surface area (Å²) < 4.78 is 5.25. The summed E-state index contributed by atoms with van der Waals surface area (Å²) in [5.74, 6) is 0.526. The number of carbonyl (C=O) groups excluding carboxylic acids is 1. The fourth-order valence-corrected chi connectivity index (χ4v) is 2.58. The Kier molecular flexibility index (Phi) is 4.44. The summed E-state index contributed by atoms with van der Waals surface area (Å²) in [6.07, 6.45) is -0.151. The molecule has 3 rings (SSSR count). The molecular formula is C20H16N2O2. The van der Waals surface area contributed by atoms with Gasteiger partial charge in [-0.1, -0.05) is 30.3 Å². The second kappa shape index (κ2) is 6.84. The Morgan fingerprint density at radius 1 is 1.04 bits per heavy atom. The summed E-state index contributed by atoms with van der Waals surface area (Å²) in [6.45, 7) is 0. The van der Waals surface area contributed by atoms with Gasteiger partial charge < -0.3 is 10.1 Å². The maximum atomic E-state index is 11.6. The zero-order valence-electron chi connectivity index (χ0n) is 13.2. The first-order chi connectivity index (χ1) is 11.7. The molecule has 1 amide bonds. The number of nitrogens with zero attached hydrogens (tertiary/aromatic N) is 1. The molecule has 0 atom stereocenters. The number of amides is 1. The normalized spacial score (nSPS) is 10.2. The van der Waals surface area contributed by atoms with Crippen LogP contribution in [-0.2, 0) is 4.79 Å². The minimum absolute atomic E-state index is 0.151. The molecule has 0 aliphatic carbocycles. The van der Waals surface area contributed by atoms with Gasteiger partial charge in [0.05, 0.1) is 13.2 Å². The van der Waals surface area contributed by atoms with E-state index in [4.69, 9.17) is 10.00 Å². The molecule has 4 nitrogen and oxygen atoms in total. The van der Waals surface area contributed by atoms with Crippen LogP contribution in [0.25, 0.3) is 21.9 Å². The van der Waals surface area contributed by atoms with E-state index in [1.807, 2.05) is 60.7 Å². The van der Waals surface area contributed by atoms with Gasteiger partial charge >= 0.3 is 0 Å². The molecule has 0 saturated heterocycles. The van der Waals surface area contributed by atoms with Crippen molar-refractivity contribution in [3.63, 3.8) is 0 Å². The fourth-order valence-electron chi connectivity index (χ4n) is 2.58. The molecule has 4 heteroatoms. The third-order valence-corrected chi connectivity index (χ3v) is 3.77. The van der Waals surface area contributed by atoms with Crippen LogP contribution in [0.2, 0.25) is 0 Å². The van der Waals surface area contributed by atoms with Crippen LogP contribution in [0.3, 0.4) is 0 Å². The van der Waals surface area contributed by atoms with Crippen molar-refractivity contribution < 1.29 is 9.53 Å². The third-order valence-electron chi connectivity index (χ3n) is 3.77. The number of nitriles is 1. The smallest absolute Gasteiger partial charge is 0.238 e. The van der Waals surface area contributed by atoms with Crippen molar-refractivity contribution in [1.29, 1.82) is 5.26 Å². The number of methoxy groups -OCH3 is 1. The van der Waals surface area contributed by atoms with E-state index in [1.165, 1.54) is 0 Å². The summed E-state index contributed by atoms with van der Waals surface area (Å²) in [5.41, 5.74) is 2.74. The Morgan fingerprint density at radius 3 is 2.58 bits per heavy atom. The van der Waals surface area contributed by atoms with Crippen molar-refractivity contribution in [3.8, 4) is 22.9 Å². The predicted octanol–water partition coefficient (Wildman–Crippen LogP) is 4.37. The van der Waals surface area contributed by atoms with Crippen molar-refractivity contribution in [2.45, 2.75) is 6.42 Å². The van der Waals surface area contributed by atoms with Gasteiger partial charge in [0.2, 0.25) is 5.91 Å². The van der Waals surface area contributed by atoms with E-state index < -0.39 is 0 Å². The zero-order valence-corrected chi connectivity index (χ0v) is 13.2. The van der Waals surface area contributed by atoms with E-state index in [0.717, 1.165) is 27.6 Å². The number of carbonyl (C=O) groups is 1. The zero-order chi connectivity index (χ0) is 16.9. The molecule has 3 aromatic rings. The van der Waals surface area contributed by atoms with E-state index >= 15 is 0 Å². The first-order valence-electron chi connectivity index (χ1n) is 7.54. The molecule has 0 spiro atoms. The molecule has 0 aliphatic heterocycles. The van der Waals surface area contributed by atoms with Crippen molar-refractivity contribution in [2.75, 3.05) is 12.4 Å². The second-order valence-corrected chi connectivity index (χ2v) is 5.39. The van der Waals surface area contributed by atoms with E-state index in [1.54, 1.807) is 7.11 Å². The maximum absolute atomic E-state index is 11.6. The highest BCUT2D eigenvalue weighted by atomic mass is 16.5. The van der Waals surface area contributed by atoms with Crippen LogP contribution in [-0.4, -0.2) is 13.0 Å². The Balaban J connectivity index is 1.92. The van der Waals surface area contributed by atoms with Crippen molar-refractivity contribution in [3.05, 3.63) is 60.7 Å². The van der Waals surface area contributed by atoms with E-state index in [2.05, 4.69) is 11.4 Å². The summed E-state index contributed by atoms with van der Waals surface area (Å²) >= 11 is 0. The number of anilines is 1. The first-order valence-corrected chi connectivity index (χ1v) is 7.54. The molecule has 24 heavy (non-hydrogen) atoms. The average Bonchev–Trinajstić information content (AvgIpc) is 2.61. The quantitative estimate of drug-likeness (QED) is 0.777. The van der Waals surface area contributed by atoms with E-state index in [9.17, 15) is 4.79 Å². The van der Waals surface area contributed by atoms with E-state index in [0.29, 0.717) is 5.69 Å². The number of hydrogen-bond acceptors (Lipinski definition) is 3. The number of hydrogen-bond donors (Lipinski definition) is 1. The molecule has 0 aliphatic rings. The summed E-state index contributed by atoms with van der Waals surface area (Å²) in [7, 11) is 1.65. The molecule has 0 bridgehead atoms. The lowest BCUT2D eigenvalue weighted by Gasteiger charge is -2.08. The fraction of sp³-hybridized carbons (Fsp3) is 0.100. The summed E-state index contributed by atoms with van der Waals surface area (Å²) in [5, 5.41) is 13.5. The Bertz CT molecular complexity index is 942. The predicted molar refractivity (Wildman–Crippen MR) is 94.8 cm³/mol. The van der Waals surface area contributed by atoms with Crippen LogP contribution in [0, 0.1) is 11.3 Å². The van der Waals surface area contributed by atoms with Gasteiger partial charge in [0.15, 0.2) is 0 Å². The molecule has 0 unspecified atom stereocenters. The van der Waals surface area contributed by atoms with Gasteiger partial charge in [-0.05, 0) is 52.2 Å². The van der Waals surface area contributed by atoms with Gasteiger partial charge in [-0.3, -0.25) is 4.79 Å². The number of rotatable bonds is 4. The van der Waals surface area contributed by atoms with Gasteiger partial charge in [-0.15, -0.1) is 0 Å². The lowest BCUT2D eigenvalue weighted by atomic mass is 10.0. The molecule has 0 aromatic heterocycles. The molecule has 0 radical (unpaired) electrons. The van der Waals surface area contributed by atoms with Crippen LogP contribution < -0.4 is 10.1 Å². The first kappa shape index (κ1) is 15.6. The number of nitrogens with one attached hydrogen (secondary N) is 1. The SMILES string of the molecule is COc1ccc2cc(-c3cccc(NC(=O)CC#N)c3)ccc2c1. The van der Waals surface area contributed by atoms with Crippen LogP contribution in [0.4, 0.5) is 5.69 Å². The topological polar surface area (TPSA) is 62.1 Å². The van der Waals surface area contributed by atoms with Gasteiger partial charge in [0, 0.05) is 5.69 Å². The Hall–Kier alpha value is -3.32. The monoisotopic (exact) mass is 316 g/mol. The molecule has 0 saturated carbocycles. The number of fused-ring (bicyclic) bond motifs is 1. The maximum Gasteiger partial charge on any atom is 0.238 e. The van der Waals surface area contributed by atoms with Crippen LogP contribution in [0.1, 0.15) is 6.42 Å². The number of ether oxygens (including phenoxy) is 1. The average molecular weight is 316 g/mol. The molecule has 3 aromatic carbocycles. The third kappa shape index (κ3) is 3.36. The molecule has 118 valence electrons. The highest BCUT2D eigenvalue weighted by Gasteiger charge is 2.05. The minimum atomic E-state index is -0.305. The van der Waals surface area contributed by atoms with E-state index in [-0.39, 0.29) is 12.3 Å². The van der Waals surface area contributed by atoms with Gasteiger partial charge in [-0.2, -0.15) is 5.26 Å². The highest BCUT2D eigenvalue weighted by molar-refractivity contribution is 5.93. The molecule has 1 N–H and O–H groups in total. The second-order valence-electron chi connectivity index (χ2n) is 5.39. The van der Waals surface area contributed by atoms with Crippen molar-refractivity contribution >= 4 is 22.4 Å². The Labute approximate surface area is 140 Å². The lowest BCUT2D eigenvalue weighted by molar-refractivity contribution is -0.115. The Morgan fingerprint density at radius 2 is 1.79 bits per heavy atom. The number of benzene rings is 3. The molecular weight excluding hydrogens is 300 g/mol. The molecule has 0 heterocycles. The molecule has 0 fully saturated rings. The highest BCUT2D eigenvalue weighted by Crippen LogP contribution is 2.28. The minimum Gasteiger partial charge on any atom is -0.497 e. The summed E-state index contributed by atoms with van der Waals surface area (Å²) in [4.78, 5) is 11.6. The van der Waals surface area contributed by atoms with Crippen LogP contribution in [0.15, 0.2) is 60.7 Å². The van der Waals surface area contributed by atoms with Crippen molar-refractivity contribution in [1.82, 2.24) is 0 Å². The summed E-state index contributed by atoms with van der Waals surface area (Å²) in [6, 6.07) is 21.6. The van der Waals surface area contributed by atoms with Gasteiger partial charge in [0.25, 0.3) is 0 Å². The van der Waals surface area contributed by atoms with Gasteiger partial charge in [-0.25, -0.2) is 0 Å². The lowest BCUT2D eigenvalue weighted by Crippen LogP contribution is -2.09. The van der Waals surface area contributed by atoms with Crippen LogP contribution >= 0.6 is 0 Å². The van der Waals surface area contributed by atoms with Crippen LogP contribution in [0.5, 0.6) is 5.75 Å². The van der Waals surface area contributed by atoms with Gasteiger partial charge in [0.1, 0.15) is 12.2 Å². The largest absolute Gasteiger partial charge is 0.497 e.